The van der Waals surface area contributed by atoms with Gasteiger partial charge in [-0.3, -0.25) is 4.79 Å². The van der Waals surface area contributed by atoms with Crippen LogP contribution in [-0.2, 0) is 7.05 Å². The predicted molar refractivity (Wildman–Crippen MR) is 113 cm³/mol. The number of furan rings is 1. The fourth-order valence-electron chi connectivity index (χ4n) is 3.24. The molecule has 0 spiro atoms. The summed E-state index contributed by atoms with van der Waals surface area (Å²) in [5, 5.41) is 10.8. The fraction of sp³-hybridized carbons (Fsp3) is 0.143. The van der Waals surface area contributed by atoms with E-state index in [-0.39, 0.29) is 10.8 Å². The molecule has 7 nitrogen and oxygen atoms in total. The van der Waals surface area contributed by atoms with Gasteiger partial charge in [0.1, 0.15) is 11.4 Å². The molecule has 0 fully saturated rings. The van der Waals surface area contributed by atoms with Gasteiger partial charge in [-0.05, 0) is 31.2 Å². The third-order valence-corrected chi connectivity index (χ3v) is 5.92. The predicted octanol–water partition coefficient (Wildman–Crippen LogP) is 4.32. The van der Waals surface area contributed by atoms with Crippen molar-refractivity contribution in [2.45, 2.75) is 17.3 Å². The molecule has 1 unspecified atom stereocenters. The molecule has 144 valence electrons. The van der Waals surface area contributed by atoms with Crippen molar-refractivity contribution >= 4 is 33.6 Å². The van der Waals surface area contributed by atoms with Gasteiger partial charge in [0.25, 0.3) is 5.56 Å². The van der Waals surface area contributed by atoms with Crippen LogP contribution in [0.3, 0.4) is 0 Å². The molecule has 0 aliphatic rings. The number of nitrogens with one attached hydrogen (secondary N) is 1. The molecule has 0 amide bonds. The quantitative estimate of drug-likeness (QED) is 0.450. The first-order valence-corrected chi connectivity index (χ1v) is 10.0. The van der Waals surface area contributed by atoms with Crippen LogP contribution < -0.4 is 5.56 Å². The third kappa shape index (κ3) is 3.11. The lowest BCUT2D eigenvalue weighted by molar-refractivity contribution is 0.618. The minimum atomic E-state index is -0.140. The van der Waals surface area contributed by atoms with Gasteiger partial charge in [0, 0.05) is 12.4 Å². The molecular formula is C21H17N5O2S. The normalized spacial score (nSPS) is 12.6. The Labute approximate surface area is 169 Å². The highest BCUT2D eigenvalue weighted by molar-refractivity contribution is 7.99. The molecule has 8 heteroatoms. The molecule has 0 saturated heterocycles. The maximum absolute atomic E-state index is 12.3. The van der Waals surface area contributed by atoms with Crippen molar-refractivity contribution in [2.75, 3.05) is 0 Å². The molecule has 1 atom stereocenters. The number of thioether (sulfide) groups is 1. The van der Waals surface area contributed by atoms with Crippen LogP contribution in [0.4, 0.5) is 0 Å². The molecule has 0 saturated carbocycles. The number of H-pyrrole nitrogens is 1. The van der Waals surface area contributed by atoms with Crippen LogP contribution in [0.1, 0.15) is 18.0 Å². The Hall–Kier alpha value is -3.39. The van der Waals surface area contributed by atoms with E-state index in [1.165, 1.54) is 11.8 Å². The van der Waals surface area contributed by atoms with E-state index in [9.17, 15) is 4.79 Å². The number of aromatic nitrogens is 5. The van der Waals surface area contributed by atoms with Gasteiger partial charge in [-0.1, -0.05) is 42.1 Å². The van der Waals surface area contributed by atoms with Crippen LogP contribution in [0, 0.1) is 0 Å². The summed E-state index contributed by atoms with van der Waals surface area (Å²) >= 11 is 1.48. The monoisotopic (exact) mass is 403 g/mol. The van der Waals surface area contributed by atoms with E-state index in [4.69, 9.17) is 4.42 Å². The van der Waals surface area contributed by atoms with Gasteiger partial charge in [0.15, 0.2) is 16.7 Å². The van der Waals surface area contributed by atoms with Gasteiger partial charge in [0.2, 0.25) is 0 Å². The second-order valence-corrected chi connectivity index (χ2v) is 8.05. The minimum Gasteiger partial charge on any atom is -0.453 e. The van der Waals surface area contributed by atoms with Crippen LogP contribution in [0.2, 0.25) is 0 Å². The van der Waals surface area contributed by atoms with Gasteiger partial charge in [-0.15, -0.1) is 10.2 Å². The molecule has 0 radical (unpaired) electrons. The highest BCUT2D eigenvalue weighted by Crippen LogP contribution is 2.34. The molecule has 5 rings (SSSR count). The lowest BCUT2D eigenvalue weighted by Gasteiger charge is -2.10. The highest BCUT2D eigenvalue weighted by Gasteiger charge is 2.19. The molecule has 0 aliphatic carbocycles. The van der Waals surface area contributed by atoms with Gasteiger partial charge in [-0.25, -0.2) is 4.98 Å². The summed E-state index contributed by atoms with van der Waals surface area (Å²) in [4.78, 5) is 19.8. The summed E-state index contributed by atoms with van der Waals surface area (Å²) in [6.45, 7) is 1.98. The fourth-order valence-corrected chi connectivity index (χ4v) is 4.11. The minimum absolute atomic E-state index is 0.112. The number of rotatable bonds is 4. The topological polar surface area (TPSA) is 89.6 Å². The highest BCUT2D eigenvalue weighted by atomic mass is 32.2. The smallest absolute Gasteiger partial charge is 0.258 e. The Morgan fingerprint density at radius 2 is 1.90 bits per heavy atom. The number of hydrogen-bond acceptors (Lipinski definition) is 6. The average molecular weight is 403 g/mol. The first kappa shape index (κ1) is 17.7. The summed E-state index contributed by atoms with van der Waals surface area (Å²) in [7, 11) is 1.90. The maximum atomic E-state index is 12.3. The van der Waals surface area contributed by atoms with Crippen molar-refractivity contribution in [1.82, 2.24) is 24.7 Å². The van der Waals surface area contributed by atoms with E-state index >= 15 is 0 Å². The number of hydrogen-bond donors (Lipinski definition) is 1. The van der Waals surface area contributed by atoms with Gasteiger partial charge >= 0.3 is 0 Å². The molecule has 1 N–H and O–H groups in total. The maximum Gasteiger partial charge on any atom is 0.258 e. The van der Waals surface area contributed by atoms with Crippen LogP contribution in [0.5, 0.6) is 0 Å². The van der Waals surface area contributed by atoms with Crippen LogP contribution in [0.15, 0.2) is 69.0 Å². The Kier molecular flexibility index (Phi) is 4.21. The molecule has 3 heterocycles. The number of aromatic amines is 1. The summed E-state index contributed by atoms with van der Waals surface area (Å²) in [6.07, 6.45) is 0. The summed E-state index contributed by atoms with van der Waals surface area (Å²) < 4.78 is 7.80. The zero-order valence-corrected chi connectivity index (χ0v) is 16.6. The lowest BCUT2D eigenvalue weighted by atomic mass is 10.2. The Bertz CT molecular complexity index is 1370. The number of benzene rings is 2. The second kappa shape index (κ2) is 6.89. The van der Waals surface area contributed by atoms with Crippen LogP contribution in [0.25, 0.3) is 33.5 Å². The van der Waals surface area contributed by atoms with Crippen molar-refractivity contribution in [3.05, 3.63) is 70.8 Å². The largest absolute Gasteiger partial charge is 0.453 e. The van der Waals surface area contributed by atoms with Gasteiger partial charge in [-0.2, -0.15) is 0 Å². The molecule has 0 bridgehead atoms. The van der Waals surface area contributed by atoms with Crippen LogP contribution in [-0.4, -0.2) is 24.7 Å². The van der Waals surface area contributed by atoms with Gasteiger partial charge < -0.3 is 14.0 Å². The van der Waals surface area contributed by atoms with E-state index < -0.39 is 0 Å². The van der Waals surface area contributed by atoms with Gasteiger partial charge in [0.05, 0.1) is 16.2 Å². The van der Waals surface area contributed by atoms with Crippen molar-refractivity contribution < 1.29 is 4.42 Å². The molecule has 5 aromatic rings. The number of para-hydroxylation sites is 2. The second-order valence-electron chi connectivity index (χ2n) is 6.74. The summed E-state index contributed by atoms with van der Waals surface area (Å²) in [5.74, 6) is 1.92. The number of fused-ring (bicyclic) bond motifs is 2. The zero-order valence-electron chi connectivity index (χ0n) is 15.8. The molecule has 3 aromatic heterocycles. The van der Waals surface area contributed by atoms with E-state index in [2.05, 4.69) is 20.2 Å². The molecule has 29 heavy (non-hydrogen) atoms. The molecular weight excluding hydrogens is 386 g/mol. The first-order valence-electron chi connectivity index (χ1n) is 9.14. The van der Waals surface area contributed by atoms with E-state index in [1.807, 2.05) is 67.1 Å². The third-order valence-electron chi connectivity index (χ3n) is 4.78. The van der Waals surface area contributed by atoms with Crippen molar-refractivity contribution in [3.8, 4) is 11.6 Å². The SMILES string of the molecule is CC(Sc1nnc(-c2cc3ccccc3o2)n1C)c1nc2ccccc2c(=O)[nH]1. The van der Waals surface area contributed by atoms with E-state index in [1.54, 1.807) is 6.07 Å². The Morgan fingerprint density at radius 1 is 1.10 bits per heavy atom. The average Bonchev–Trinajstić information content (AvgIpc) is 3.31. The van der Waals surface area contributed by atoms with Crippen molar-refractivity contribution in [1.29, 1.82) is 0 Å². The zero-order chi connectivity index (χ0) is 20.0. The standard InChI is InChI=1S/C21H17N5O2S/c1-12(18-22-15-9-5-4-8-14(15)20(27)23-18)29-21-25-24-19(26(21)2)17-11-13-7-3-6-10-16(13)28-17/h3-12H,1-2H3,(H,22,23,27). The Balaban J connectivity index is 1.46. The van der Waals surface area contributed by atoms with Crippen molar-refractivity contribution in [2.24, 2.45) is 7.05 Å². The van der Waals surface area contributed by atoms with E-state index in [0.717, 1.165) is 11.0 Å². The molecule has 2 aromatic carbocycles. The number of nitrogens with zero attached hydrogens (tertiary/aromatic N) is 4. The molecule has 0 aliphatic heterocycles. The van der Waals surface area contributed by atoms with Crippen molar-refractivity contribution in [3.63, 3.8) is 0 Å². The van der Waals surface area contributed by atoms with Crippen LogP contribution >= 0.6 is 11.8 Å². The summed E-state index contributed by atoms with van der Waals surface area (Å²) in [6, 6.07) is 17.1. The van der Waals surface area contributed by atoms with E-state index in [0.29, 0.717) is 33.5 Å². The summed E-state index contributed by atoms with van der Waals surface area (Å²) in [5.41, 5.74) is 1.35. The Morgan fingerprint density at radius 3 is 2.76 bits per heavy atom. The first-order chi connectivity index (χ1) is 14.1. The lowest BCUT2D eigenvalue weighted by Crippen LogP contribution is -2.13.